The van der Waals surface area contributed by atoms with Gasteiger partial charge >= 0.3 is 12.1 Å². The van der Waals surface area contributed by atoms with Crippen LogP contribution in [0.2, 0.25) is 0 Å². The number of alkyl halides is 3. The van der Waals surface area contributed by atoms with Gasteiger partial charge in [0.25, 0.3) is 0 Å². The molecular weight excluding hydrogens is 291 g/mol. The summed E-state index contributed by atoms with van der Waals surface area (Å²) in [5.41, 5.74) is -0.962. The van der Waals surface area contributed by atoms with Gasteiger partial charge in [-0.05, 0) is 11.6 Å². The monoisotopic (exact) mass is 305 g/mol. The molecule has 0 unspecified atom stereocenters. The van der Waals surface area contributed by atoms with Gasteiger partial charge in [0, 0.05) is 6.54 Å². The van der Waals surface area contributed by atoms with Crippen LogP contribution in [0.4, 0.5) is 13.2 Å². The fourth-order valence-electron chi connectivity index (χ4n) is 1.61. The minimum absolute atomic E-state index is 0.0281. The summed E-state index contributed by atoms with van der Waals surface area (Å²) >= 11 is 0. The summed E-state index contributed by atoms with van der Waals surface area (Å²) in [5, 5.41) is 10.7. The third kappa shape index (κ3) is 6.26. The summed E-state index contributed by atoms with van der Waals surface area (Å²) in [6, 6.07) is 4.83. The second kappa shape index (κ2) is 7.63. The van der Waals surface area contributed by atoms with Gasteiger partial charge in [-0.1, -0.05) is 18.2 Å². The topological polar surface area (TPSA) is 75.6 Å². The Morgan fingerprint density at radius 1 is 1.24 bits per heavy atom. The van der Waals surface area contributed by atoms with Crippen LogP contribution in [-0.2, 0) is 26.9 Å². The fraction of sp³-hybridized carbons (Fsp3) is 0.385. The van der Waals surface area contributed by atoms with Gasteiger partial charge in [0.15, 0.2) is 0 Å². The maximum Gasteiger partial charge on any atom is 0.416 e. The summed E-state index contributed by atoms with van der Waals surface area (Å²) in [6.07, 6.45) is -4.92. The molecule has 1 aromatic rings. The zero-order chi connectivity index (χ0) is 15.9. The standard InChI is InChI=1S/C13H14F3NO4/c14-13(15,16)10-4-2-1-3-9(10)7-11(18)17-5-6-21-8-12(19)20/h1-4H,5-8H2,(H,17,18)(H,19,20). The molecule has 0 heterocycles. The van der Waals surface area contributed by atoms with Gasteiger partial charge in [-0.2, -0.15) is 13.2 Å². The summed E-state index contributed by atoms with van der Waals surface area (Å²) in [7, 11) is 0. The van der Waals surface area contributed by atoms with Crippen LogP contribution in [0.1, 0.15) is 11.1 Å². The quantitative estimate of drug-likeness (QED) is 0.748. The van der Waals surface area contributed by atoms with E-state index in [0.717, 1.165) is 6.07 Å². The second-order valence-electron chi connectivity index (χ2n) is 4.13. The number of rotatable bonds is 7. The maximum atomic E-state index is 12.7. The molecule has 0 aliphatic carbocycles. The Hall–Kier alpha value is -2.09. The molecule has 0 bridgehead atoms. The molecular formula is C13H14F3NO4. The number of aliphatic carboxylic acids is 1. The first-order valence-corrected chi connectivity index (χ1v) is 6.02. The Kier molecular flexibility index (Phi) is 6.16. The fourth-order valence-corrected chi connectivity index (χ4v) is 1.61. The first-order chi connectivity index (χ1) is 9.80. The molecule has 2 N–H and O–H groups in total. The Balaban J connectivity index is 2.47. The van der Waals surface area contributed by atoms with Crippen LogP contribution in [0.25, 0.3) is 0 Å². The summed E-state index contributed by atoms with van der Waals surface area (Å²) in [6.45, 7) is -0.494. The van der Waals surface area contributed by atoms with E-state index in [2.05, 4.69) is 10.1 Å². The van der Waals surface area contributed by atoms with Gasteiger partial charge in [0.2, 0.25) is 5.91 Å². The molecule has 0 aliphatic rings. The number of hydrogen-bond acceptors (Lipinski definition) is 3. The van der Waals surface area contributed by atoms with Crippen LogP contribution in [0.15, 0.2) is 24.3 Å². The molecule has 5 nitrogen and oxygen atoms in total. The normalized spacial score (nSPS) is 11.2. The molecule has 0 aromatic heterocycles. The number of ether oxygens (including phenoxy) is 1. The Bertz CT molecular complexity index is 502. The highest BCUT2D eigenvalue weighted by atomic mass is 19.4. The molecule has 0 atom stereocenters. The number of benzene rings is 1. The smallest absolute Gasteiger partial charge is 0.416 e. The van der Waals surface area contributed by atoms with Crippen molar-refractivity contribution in [2.75, 3.05) is 19.8 Å². The second-order valence-corrected chi connectivity index (χ2v) is 4.13. The van der Waals surface area contributed by atoms with Crippen molar-refractivity contribution in [2.24, 2.45) is 0 Å². The molecule has 0 spiro atoms. The van der Waals surface area contributed by atoms with Gasteiger partial charge in [0.05, 0.1) is 18.6 Å². The number of carboxylic acid groups (broad SMARTS) is 1. The number of nitrogens with one attached hydrogen (secondary N) is 1. The third-order valence-corrected chi connectivity index (χ3v) is 2.47. The van der Waals surface area contributed by atoms with Crippen LogP contribution < -0.4 is 5.32 Å². The van der Waals surface area contributed by atoms with Crippen molar-refractivity contribution in [1.29, 1.82) is 0 Å². The van der Waals surface area contributed by atoms with Crippen molar-refractivity contribution in [3.8, 4) is 0 Å². The molecule has 0 fully saturated rings. The summed E-state index contributed by atoms with van der Waals surface area (Å²) < 4.78 is 42.8. The van der Waals surface area contributed by atoms with E-state index in [1.54, 1.807) is 0 Å². The van der Waals surface area contributed by atoms with Crippen molar-refractivity contribution in [1.82, 2.24) is 5.32 Å². The van der Waals surface area contributed by atoms with Crippen LogP contribution in [-0.4, -0.2) is 36.7 Å². The maximum absolute atomic E-state index is 12.7. The van der Waals surface area contributed by atoms with Crippen LogP contribution in [0.3, 0.4) is 0 Å². The van der Waals surface area contributed by atoms with E-state index in [1.807, 2.05) is 0 Å². The number of hydrogen-bond donors (Lipinski definition) is 2. The number of halogens is 3. The molecule has 0 saturated heterocycles. The van der Waals surface area contributed by atoms with Crippen LogP contribution in [0, 0.1) is 0 Å². The lowest BCUT2D eigenvalue weighted by Gasteiger charge is -2.12. The average molecular weight is 305 g/mol. The highest BCUT2D eigenvalue weighted by Crippen LogP contribution is 2.31. The van der Waals surface area contributed by atoms with E-state index >= 15 is 0 Å². The Labute approximate surface area is 118 Å². The van der Waals surface area contributed by atoms with Crippen LogP contribution >= 0.6 is 0 Å². The van der Waals surface area contributed by atoms with Gasteiger partial charge < -0.3 is 15.2 Å². The zero-order valence-electron chi connectivity index (χ0n) is 10.9. The van der Waals surface area contributed by atoms with Gasteiger partial charge in [0.1, 0.15) is 6.61 Å². The first-order valence-electron chi connectivity index (χ1n) is 6.02. The van der Waals surface area contributed by atoms with Gasteiger partial charge in [-0.15, -0.1) is 0 Å². The lowest BCUT2D eigenvalue weighted by molar-refractivity contribution is -0.142. The van der Waals surface area contributed by atoms with Gasteiger partial charge in [-0.3, -0.25) is 4.79 Å². The summed E-state index contributed by atoms with van der Waals surface area (Å²) in [5.74, 6) is -1.73. The number of amides is 1. The lowest BCUT2D eigenvalue weighted by atomic mass is 10.0. The van der Waals surface area contributed by atoms with Crippen LogP contribution in [0.5, 0.6) is 0 Å². The molecule has 116 valence electrons. The van der Waals surface area contributed by atoms with Crippen molar-refractivity contribution >= 4 is 11.9 Å². The zero-order valence-corrected chi connectivity index (χ0v) is 10.9. The molecule has 21 heavy (non-hydrogen) atoms. The van der Waals surface area contributed by atoms with Gasteiger partial charge in [-0.25, -0.2) is 4.79 Å². The van der Waals surface area contributed by atoms with E-state index in [1.165, 1.54) is 18.2 Å². The third-order valence-electron chi connectivity index (χ3n) is 2.47. The number of carbonyl (C=O) groups excluding carboxylic acids is 1. The predicted octanol–water partition coefficient (Wildman–Crippen LogP) is 1.47. The highest BCUT2D eigenvalue weighted by Gasteiger charge is 2.33. The molecule has 8 heteroatoms. The van der Waals surface area contributed by atoms with E-state index in [4.69, 9.17) is 5.11 Å². The molecule has 0 aliphatic heterocycles. The van der Waals surface area contributed by atoms with E-state index in [-0.39, 0.29) is 18.7 Å². The Morgan fingerprint density at radius 3 is 2.52 bits per heavy atom. The number of carboxylic acids is 1. The largest absolute Gasteiger partial charge is 0.480 e. The van der Waals surface area contributed by atoms with E-state index < -0.39 is 36.6 Å². The summed E-state index contributed by atoms with van der Waals surface area (Å²) in [4.78, 5) is 21.7. The Morgan fingerprint density at radius 2 is 1.90 bits per heavy atom. The minimum atomic E-state index is -4.51. The molecule has 1 amide bonds. The molecule has 0 saturated carbocycles. The average Bonchev–Trinajstić information content (AvgIpc) is 2.37. The molecule has 1 aromatic carbocycles. The van der Waals surface area contributed by atoms with Crippen molar-refractivity contribution in [3.63, 3.8) is 0 Å². The van der Waals surface area contributed by atoms with Crippen molar-refractivity contribution < 1.29 is 32.6 Å². The SMILES string of the molecule is O=C(O)COCCNC(=O)Cc1ccccc1C(F)(F)F. The van der Waals surface area contributed by atoms with E-state index in [0.29, 0.717) is 0 Å². The predicted molar refractivity (Wildman–Crippen MR) is 66.6 cm³/mol. The molecule has 1 rings (SSSR count). The molecule has 0 radical (unpaired) electrons. The van der Waals surface area contributed by atoms with Crippen molar-refractivity contribution in [2.45, 2.75) is 12.6 Å². The van der Waals surface area contributed by atoms with Crippen molar-refractivity contribution in [3.05, 3.63) is 35.4 Å². The first kappa shape index (κ1) is 17.0. The minimum Gasteiger partial charge on any atom is -0.480 e. The highest BCUT2D eigenvalue weighted by molar-refractivity contribution is 5.79. The van der Waals surface area contributed by atoms with E-state index in [9.17, 15) is 22.8 Å². The lowest BCUT2D eigenvalue weighted by Crippen LogP contribution is -2.29. The number of carbonyl (C=O) groups is 2.